The van der Waals surface area contributed by atoms with Crippen LogP contribution in [0.15, 0.2) is 51.1 Å². The van der Waals surface area contributed by atoms with E-state index in [1.807, 2.05) is 25.7 Å². The van der Waals surface area contributed by atoms with Gasteiger partial charge in [0.05, 0.1) is 33.0 Å². The van der Waals surface area contributed by atoms with Gasteiger partial charge in [0, 0.05) is 30.7 Å². The number of methoxy groups -OCH3 is 3. The van der Waals surface area contributed by atoms with E-state index in [2.05, 4.69) is 0 Å². The van der Waals surface area contributed by atoms with Crippen LogP contribution < -0.4 is 14.9 Å². The Morgan fingerprint density at radius 1 is 1.00 bits per heavy atom. The summed E-state index contributed by atoms with van der Waals surface area (Å²) in [5.74, 6) is 0.0118. The second kappa shape index (κ2) is 8.46. The first-order chi connectivity index (χ1) is 16.0. The van der Waals surface area contributed by atoms with Crippen LogP contribution in [0.4, 0.5) is 0 Å². The van der Waals surface area contributed by atoms with Crippen LogP contribution in [-0.4, -0.2) is 41.2 Å². The van der Waals surface area contributed by atoms with E-state index in [0.29, 0.717) is 17.3 Å². The Labute approximate surface area is 198 Å². The molecule has 1 aromatic heterocycles. The number of fused-ring (bicyclic) bond motifs is 2. The van der Waals surface area contributed by atoms with E-state index in [1.165, 1.54) is 33.5 Å². The normalized spacial score (nSPS) is 22.6. The highest BCUT2D eigenvalue weighted by atomic mass is 28.4. The van der Waals surface area contributed by atoms with Gasteiger partial charge in [-0.15, -0.1) is 0 Å². The van der Waals surface area contributed by atoms with Gasteiger partial charge < -0.3 is 23.1 Å². The van der Waals surface area contributed by atoms with Crippen molar-refractivity contribution in [3.63, 3.8) is 0 Å². The summed E-state index contributed by atoms with van der Waals surface area (Å²) in [6.07, 6.45) is 3.40. The van der Waals surface area contributed by atoms with Crippen LogP contribution in [0.3, 0.4) is 0 Å². The minimum atomic E-state index is -1.95. The van der Waals surface area contributed by atoms with Gasteiger partial charge in [-0.05, 0) is 32.1 Å². The molecular weight excluding hydrogens is 456 g/mol. The van der Waals surface area contributed by atoms with Gasteiger partial charge in [0.1, 0.15) is 33.6 Å². The number of carbonyl (C=O) groups is 2. The van der Waals surface area contributed by atoms with Gasteiger partial charge >= 0.3 is 0 Å². The lowest BCUT2D eigenvalue weighted by atomic mass is 9.60. The topological polar surface area (TPSA) is 101 Å². The Morgan fingerprint density at radius 3 is 2.35 bits per heavy atom. The van der Waals surface area contributed by atoms with E-state index < -0.39 is 19.7 Å². The molecule has 1 aromatic carbocycles. The summed E-state index contributed by atoms with van der Waals surface area (Å²) < 4.78 is 28.2. The largest absolute Gasteiger partial charge is 0.548 e. The summed E-state index contributed by atoms with van der Waals surface area (Å²) in [7, 11) is 2.35. The highest BCUT2D eigenvalue weighted by Gasteiger charge is 2.56. The van der Waals surface area contributed by atoms with E-state index in [9.17, 15) is 14.4 Å². The molecule has 34 heavy (non-hydrogen) atoms. The van der Waals surface area contributed by atoms with Crippen LogP contribution in [0, 0.1) is 5.92 Å². The second-order valence-electron chi connectivity index (χ2n) is 9.44. The number of hydrogen-bond acceptors (Lipinski definition) is 8. The standard InChI is InChI=1S/C25H28O8Si/c1-29-15-10-18(30-2)23-17(26)12-22(32-19(23)11-15)25-8-7-14(33-34(4,5)6)9-16(25)24(28)20(31-3)13-21(25)27/h7,10-13,16H,8-9H2,1-6H3. The predicted molar refractivity (Wildman–Crippen MR) is 128 cm³/mol. The number of hydrogen-bond donors (Lipinski definition) is 0. The zero-order valence-corrected chi connectivity index (χ0v) is 21.1. The highest BCUT2D eigenvalue weighted by molar-refractivity contribution is 6.70. The summed E-state index contributed by atoms with van der Waals surface area (Å²) in [5, 5.41) is 0.233. The minimum absolute atomic E-state index is 0.00801. The van der Waals surface area contributed by atoms with Crippen LogP contribution in [-0.2, 0) is 24.2 Å². The maximum atomic E-state index is 13.6. The number of allylic oxidation sites excluding steroid dienone is 4. The van der Waals surface area contributed by atoms with Gasteiger partial charge in [0.2, 0.25) is 14.1 Å². The molecule has 4 rings (SSSR count). The third-order valence-electron chi connectivity index (χ3n) is 6.23. The van der Waals surface area contributed by atoms with E-state index in [0.717, 1.165) is 0 Å². The molecule has 2 aliphatic rings. The highest BCUT2D eigenvalue weighted by Crippen LogP contribution is 2.49. The molecule has 0 amide bonds. The fourth-order valence-corrected chi connectivity index (χ4v) is 5.67. The Hall–Kier alpha value is -3.33. The number of carbonyl (C=O) groups excluding carboxylic acids is 2. The fraction of sp³-hybridized carbons (Fsp3) is 0.400. The van der Waals surface area contributed by atoms with E-state index >= 15 is 0 Å². The molecule has 0 radical (unpaired) electrons. The quantitative estimate of drug-likeness (QED) is 0.570. The van der Waals surface area contributed by atoms with Crippen LogP contribution in [0.1, 0.15) is 18.6 Å². The van der Waals surface area contributed by atoms with Crippen molar-refractivity contribution in [1.29, 1.82) is 0 Å². The summed E-state index contributed by atoms with van der Waals surface area (Å²) in [6.45, 7) is 6.15. The van der Waals surface area contributed by atoms with Gasteiger partial charge in [-0.25, -0.2) is 0 Å². The molecule has 2 atom stereocenters. The Bertz CT molecular complexity index is 1300. The van der Waals surface area contributed by atoms with Crippen LogP contribution in [0.5, 0.6) is 11.5 Å². The molecule has 0 spiro atoms. The molecule has 0 aliphatic heterocycles. The first-order valence-electron chi connectivity index (χ1n) is 11.0. The maximum absolute atomic E-state index is 13.6. The third kappa shape index (κ3) is 3.83. The average Bonchev–Trinajstić information content (AvgIpc) is 2.79. The lowest BCUT2D eigenvalue weighted by Crippen LogP contribution is -2.51. The molecule has 180 valence electrons. The van der Waals surface area contributed by atoms with Crippen molar-refractivity contribution in [2.24, 2.45) is 5.92 Å². The number of rotatable bonds is 6. The molecule has 0 fully saturated rings. The molecule has 2 aromatic rings. The Balaban J connectivity index is 1.96. The summed E-state index contributed by atoms with van der Waals surface area (Å²) in [5.41, 5.74) is -1.55. The number of benzene rings is 1. The van der Waals surface area contributed by atoms with Crippen molar-refractivity contribution in [2.75, 3.05) is 21.3 Å². The van der Waals surface area contributed by atoms with Gasteiger partial charge in [-0.3, -0.25) is 14.4 Å². The van der Waals surface area contributed by atoms with Gasteiger partial charge in [-0.2, -0.15) is 0 Å². The lowest BCUT2D eigenvalue weighted by Gasteiger charge is -2.42. The molecule has 1 heterocycles. The van der Waals surface area contributed by atoms with Crippen molar-refractivity contribution < 1.29 is 32.6 Å². The summed E-state index contributed by atoms with van der Waals surface area (Å²) in [6, 6.07) is 4.45. The SMILES string of the molecule is COC1=CC(=O)C2(c3cc(=O)c4c(OC)cc(OC)cc4o3)CC=C(O[Si](C)(C)C)CC2C1=O. The molecule has 0 N–H and O–H groups in total. The molecule has 2 unspecified atom stereocenters. The average molecular weight is 485 g/mol. The molecule has 8 nitrogen and oxygen atoms in total. The number of Topliss-reactive ketones (excluding diaryl/α,β-unsaturated/α-hetero) is 1. The lowest BCUT2D eigenvalue weighted by molar-refractivity contribution is -0.135. The summed E-state index contributed by atoms with van der Waals surface area (Å²) in [4.78, 5) is 40.2. The predicted octanol–water partition coefficient (Wildman–Crippen LogP) is 3.88. The van der Waals surface area contributed by atoms with Crippen LogP contribution >= 0.6 is 0 Å². The van der Waals surface area contributed by atoms with Crippen molar-refractivity contribution in [3.8, 4) is 11.5 Å². The van der Waals surface area contributed by atoms with Crippen LogP contribution in [0.2, 0.25) is 19.6 Å². The van der Waals surface area contributed by atoms with E-state index in [1.54, 1.807) is 12.1 Å². The molecule has 9 heteroatoms. The van der Waals surface area contributed by atoms with Crippen molar-refractivity contribution in [3.05, 3.63) is 57.9 Å². The molecular formula is C25H28O8Si. The molecule has 2 aliphatic carbocycles. The van der Waals surface area contributed by atoms with Crippen molar-refractivity contribution >= 4 is 30.9 Å². The van der Waals surface area contributed by atoms with Crippen molar-refractivity contribution in [2.45, 2.75) is 37.9 Å². The number of ether oxygens (including phenoxy) is 3. The third-order valence-corrected chi connectivity index (χ3v) is 7.11. The monoisotopic (exact) mass is 484 g/mol. The zero-order chi connectivity index (χ0) is 24.8. The van der Waals surface area contributed by atoms with Crippen molar-refractivity contribution in [1.82, 2.24) is 0 Å². The maximum Gasteiger partial charge on any atom is 0.241 e. The molecule has 0 saturated carbocycles. The van der Waals surface area contributed by atoms with E-state index in [-0.39, 0.29) is 52.3 Å². The summed E-state index contributed by atoms with van der Waals surface area (Å²) >= 11 is 0. The van der Waals surface area contributed by atoms with E-state index in [4.69, 9.17) is 23.1 Å². The smallest absolute Gasteiger partial charge is 0.241 e. The molecule has 0 saturated heterocycles. The van der Waals surface area contributed by atoms with Gasteiger partial charge in [0.25, 0.3) is 0 Å². The van der Waals surface area contributed by atoms with Crippen LogP contribution in [0.25, 0.3) is 11.0 Å². The number of ketones is 2. The minimum Gasteiger partial charge on any atom is -0.548 e. The van der Waals surface area contributed by atoms with Gasteiger partial charge in [-0.1, -0.05) is 0 Å². The second-order valence-corrected chi connectivity index (χ2v) is 13.9. The first kappa shape index (κ1) is 23.8. The Morgan fingerprint density at radius 2 is 1.74 bits per heavy atom. The zero-order valence-electron chi connectivity index (χ0n) is 20.1. The van der Waals surface area contributed by atoms with Gasteiger partial charge in [0.15, 0.2) is 17.0 Å². The fourth-order valence-electron chi connectivity index (χ4n) is 4.71. The molecule has 0 bridgehead atoms. The first-order valence-corrected chi connectivity index (χ1v) is 14.4. The Kier molecular flexibility index (Phi) is 5.93.